The van der Waals surface area contributed by atoms with Gasteiger partial charge in [0.2, 0.25) is 0 Å². The molecule has 0 amide bonds. The number of aromatic nitrogens is 2. The third kappa shape index (κ3) is 2.49. The molecule has 0 spiro atoms. The van der Waals surface area contributed by atoms with Gasteiger partial charge < -0.3 is 4.74 Å². The van der Waals surface area contributed by atoms with Gasteiger partial charge in [-0.25, -0.2) is 4.79 Å². The van der Waals surface area contributed by atoms with Crippen LogP contribution in [0.5, 0.6) is 0 Å². The molecular formula is C12H19N3O2. The second-order valence-corrected chi connectivity index (χ2v) is 4.55. The number of hydrogen-bond acceptors (Lipinski definition) is 4. The highest BCUT2D eigenvalue weighted by molar-refractivity contribution is 5.90. The van der Waals surface area contributed by atoms with Crippen LogP contribution in [0.4, 0.5) is 0 Å². The molecule has 1 fully saturated rings. The first-order chi connectivity index (χ1) is 8.11. The number of ether oxygens (including phenoxy) is 1. The van der Waals surface area contributed by atoms with Crippen molar-refractivity contribution in [1.82, 2.24) is 14.7 Å². The summed E-state index contributed by atoms with van der Waals surface area (Å²) in [5, 5.41) is 4.04. The van der Waals surface area contributed by atoms with Crippen molar-refractivity contribution in [3.8, 4) is 0 Å². The van der Waals surface area contributed by atoms with Gasteiger partial charge in [0.25, 0.3) is 0 Å². The quantitative estimate of drug-likeness (QED) is 0.732. The minimum absolute atomic E-state index is 0.0497. The Hall–Kier alpha value is -1.36. The SMILES string of the molecule is CCCN1CC(OC(=O)c2cnn(C)c2C)C1. The van der Waals surface area contributed by atoms with Crippen molar-refractivity contribution in [2.45, 2.75) is 26.4 Å². The second-order valence-electron chi connectivity index (χ2n) is 4.55. The zero-order valence-corrected chi connectivity index (χ0v) is 10.6. The van der Waals surface area contributed by atoms with E-state index < -0.39 is 0 Å². The van der Waals surface area contributed by atoms with Crippen LogP contribution in [-0.4, -0.2) is 46.4 Å². The van der Waals surface area contributed by atoms with Gasteiger partial charge in [0.05, 0.1) is 6.20 Å². The van der Waals surface area contributed by atoms with Crippen molar-refractivity contribution in [2.24, 2.45) is 7.05 Å². The predicted octanol–water partition coefficient (Wildman–Crippen LogP) is 0.980. The maximum absolute atomic E-state index is 11.9. The van der Waals surface area contributed by atoms with Gasteiger partial charge >= 0.3 is 5.97 Å². The Morgan fingerprint density at radius 3 is 2.82 bits per heavy atom. The number of esters is 1. The molecule has 0 bridgehead atoms. The summed E-state index contributed by atoms with van der Waals surface area (Å²) in [6.45, 7) is 6.82. The lowest BCUT2D eigenvalue weighted by atomic mass is 10.1. The average Bonchev–Trinajstić information content (AvgIpc) is 2.57. The molecule has 5 nitrogen and oxygen atoms in total. The first kappa shape index (κ1) is 12.1. The lowest BCUT2D eigenvalue weighted by molar-refractivity contribution is -0.0305. The normalized spacial score (nSPS) is 16.9. The maximum Gasteiger partial charge on any atom is 0.341 e. The largest absolute Gasteiger partial charge is 0.456 e. The zero-order valence-electron chi connectivity index (χ0n) is 10.6. The number of nitrogens with zero attached hydrogens (tertiary/aromatic N) is 3. The standard InChI is InChI=1S/C12H19N3O2/c1-4-5-15-7-10(8-15)17-12(16)11-6-13-14(3)9(11)2/h6,10H,4-5,7-8H2,1-3H3. The van der Waals surface area contributed by atoms with E-state index in [1.54, 1.807) is 10.9 Å². The topological polar surface area (TPSA) is 47.4 Å². The number of likely N-dealkylation sites (tertiary alicyclic amines) is 1. The van der Waals surface area contributed by atoms with Crippen LogP contribution < -0.4 is 0 Å². The van der Waals surface area contributed by atoms with Crippen LogP contribution in [0.1, 0.15) is 29.4 Å². The number of carbonyl (C=O) groups excluding carboxylic acids is 1. The molecule has 94 valence electrons. The third-order valence-electron chi connectivity index (χ3n) is 3.19. The first-order valence-electron chi connectivity index (χ1n) is 6.03. The second kappa shape index (κ2) is 4.87. The average molecular weight is 237 g/mol. The molecule has 0 unspecified atom stereocenters. The van der Waals surface area contributed by atoms with E-state index in [-0.39, 0.29) is 12.1 Å². The summed E-state index contributed by atoms with van der Waals surface area (Å²) in [7, 11) is 1.82. The lowest BCUT2D eigenvalue weighted by Crippen LogP contribution is -2.52. The van der Waals surface area contributed by atoms with Gasteiger partial charge in [-0.2, -0.15) is 5.10 Å². The number of aryl methyl sites for hydroxylation is 1. The molecule has 17 heavy (non-hydrogen) atoms. The van der Waals surface area contributed by atoms with Crippen LogP contribution in [0.2, 0.25) is 0 Å². The molecule has 1 saturated heterocycles. The Morgan fingerprint density at radius 2 is 2.29 bits per heavy atom. The van der Waals surface area contributed by atoms with E-state index in [1.807, 2.05) is 14.0 Å². The van der Waals surface area contributed by atoms with E-state index in [0.717, 1.165) is 31.7 Å². The van der Waals surface area contributed by atoms with Gasteiger partial charge in [-0.3, -0.25) is 9.58 Å². The van der Waals surface area contributed by atoms with Crippen molar-refractivity contribution in [3.63, 3.8) is 0 Å². The molecule has 1 aliphatic rings. The number of carbonyl (C=O) groups is 1. The molecule has 2 rings (SSSR count). The van der Waals surface area contributed by atoms with Gasteiger partial charge in [0.15, 0.2) is 0 Å². The van der Waals surface area contributed by atoms with Crippen LogP contribution in [0.15, 0.2) is 6.20 Å². The summed E-state index contributed by atoms with van der Waals surface area (Å²) >= 11 is 0. The van der Waals surface area contributed by atoms with Gasteiger partial charge in [0, 0.05) is 25.8 Å². The fourth-order valence-electron chi connectivity index (χ4n) is 2.01. The van der Waals surface area contributed by atoms with Crippen LogP contribution in [0, 0.1) is 6.92 Å². The van der Waals surface area contributed by atoms with Crippen LogP contribution in [0.25, 0.3) is 0 Å². The molecule has 0 N–H and O–H groups in total. The molecule has 0 atom stereocenters. The summed E-state index contributed by atoms with van der Waals surface area (Å²) < 4.78 is 7.09. The lowest BCUT2D eigenvalue weighted by Gasteiger charge is -2.38. The highest BCUT2D eigenvalue weighted by Crippen LogP contribution is 2.15. The third-order valence-corrected chi connectivity index (χ3v) is 3.19. The van der Waals surface area contributed by atoms with E-state index in [0.29, 0.717) is 5.56 Å². The molecule has 5 heteroatoms. The van der Waals surface area contributed by atoms with E-state index >= 15 is 0 Å². The van der Waals surface area contributed by atoms with E-state index in [4.69, 9.17) is 4.74 Å². The molecule has 0 radical (unpaired) electrons. The van der Waals surface area contributed by atoms with Crippen molar-refractivity contribution in [2.75, 3.05) is 19.6 Å². The Kier molecular flexibility index (Phi) is 3.47. The molecule has 1 aliphatic heterocycles. The van der Waals surface area contributed by atoms with Crippen LogP contribution in [0.3, 0.4) is 0 Å². The Morgan fingerprint density at radius 1 is 1.59 bits per heavy atom. The fraction of sp³-hybridized carbons (Fsp3) is 0.667. The van der Waals surface area contributed by atoms with Gasteiger partial charge in [0.1, 0.15) is 11.7 Å². The van der Waals surface area contributed by atoms with Crippen molar-refractivity contribution >= 4 is 5.97 Å². The van der Waals surface area contributed by atoms with Gasteiger partial charge in [-0.1, -0.05) is 6.92 Å². The zero-order chi connectivity index (χ0) is 12.4. The van der Waals surface area contributed by atoms with E-state index in [2.05, 4.69) is 16.9 Å². The Labute approximate surface area is 101 Å². The Bertz CT molecular complexity index is 408. The summed E-state index contributed by atoms with van der Waals surface area (Å²) in [5.41, 5.74) is 1.42. The number of rotatable bonds is 4. The predicted molar refractivity (Wildman–Crippen MR) is 63.9 cm³/mol. The molecule has 0 saturated carbocycles. The van der Waals surface area contributed by atoms with E-state index in [9.17, 15) is 4.79 Å². The van der Waals surface area contributed by atoms with Crippen molar-refractivity contribution in [1.29, 1.82) is 0 Å². The molecule has 0 aliphatic carbocycles. The molecular weight excluding hydrogens is 218 g/mol. The highest BCUT2D eigenvalue weighted by atomic mass is 16.5. The first-order valence-corrected chi connectivity index (χ1v) is 6.03. The van der Waals surface area contributed by atoms with Gasteiger partial charge in [-0.05, 0) is 19.9 Å². The fourth-order valence-corrected chi connectivity index (χ4v) is 2.01. The smallest absolute Gasteiger partial charge is 0.341 e. The Balaban J connectivity index is 1.85. The van der Waals surface area contributed by atoms with E-state index in [1.165, 1.54) is 0 Å². The minimum atomic E-state index is -0.253. The summed E-state index contributed by atoms with van der Waals surface area (Å²) in [6, 6.07) is 0. The monoisotopic (exact) mass is 237 g/mol. The summed E-state index contributed by atoms with van der Waals surface area (Å²) in [5.74, 6) is -0.253. The minimum Gasteiger partial charge on any atom is -0.456 e. The van der Waals surface area contributed by atoms with Crippen LogP contribution >= 0.6 is 0 Å². The molecule has 2 heterocycles. The molecule has 1 aromatic rings. The molecule has 1 aromatic heterocycles. The van der Waals surface area contributed by atoms with Crippen molar-refractivity contribution < 1.29 is 9.53 Å². The number of hydrogen-bond donors (Lipinski definition) is 0. The highest BCUT2D eigenvalue weighted by Gasteiger charge is 2.30. The summed E-state index contributed by atoms with van der Waals surface area (Å²) in [4.78, 5) is 14.1. The molecule has 0 aromatic carbocycles. The van der Waals surface area contributed by atoms with Crippen LogP contribution in [-0.2, 0) is 11.8 Å². The maximum atomic E-state index is 11.9. The van der Waals surface area contributed by atoms with Gasteiger partial charge in [-0.15, -0.1) is 0 Å². The van der Waals surface area contributed by atoms with Crippen molar-refractivity contribution in [3.05, 3.63) is 17.5 Å². The summed E-state index contributed by atoms with van der Waals surface area (Å²) in [6.07, 6.45) is 2.76.